The third-order valence-electron chi connectivity index (χ3n) is 3.44. The Morgan fingerprint density at radius 1 is 1.14 bits per heavy atom. The minimum absolute atomic E-state index is 0.220. The van der Waals surface area contributed by atoms with Gasteiger partial charge in [0.05, 0.1) is 13.2 Å². The maximum atomic E-state index is 11.7. The molecule has 1 N–H and O–H groups in total. The van der Waals surface area contributed by atoms with Crippen molar-refractivity contribution < 1.29 is 14.3 Å². The van der Waals surface area contributed by atoms with E-state index in [4.69, 9.17) is 9.47 Å². The van der Waals surface area contributed by atoms with Crippen LogP contribution in [0.25, 0.3) is 0 Å². The van der Waals surface area contributed by atoms with Gasteiger partial charge in [0, 0.05) is 4.47 Å². The number of ether oxygens (including phenoxy) is 2. The molecule has 1 aliphatic heterocycles. The smallest absolute Gasteiger partial charge is 0.408 e. The summed E-state index contributed by atoms with van der Waals surface area (Å²) in [5.74, 6) is 0.739. The Bertz CT molecular complexity index is 674. The molecule has 1 aliphatic rings. The molecule has 0 spiro atoms. The summed E-state index contributed by atoms with van der Waals surface area (Å²) >= 11 is 3.45. The average Bonchev–Trinajstić information content (AvgIpc) is 2.89. The lowest BCUT2D eigenvalue weighted by atomic mass is 9.96. The first kappa shape index (κ1) is 13.9. The Balaban J connectivity index is 1.97. The van der Waals surface area contributed by atoms with Crippen molar-refractivity contribution in [3.8, 4) is 5.75 Å². The molecule has 0 bridgehead atoms. The molecule has 1 fully saturated rings. The maximum Gasteiger partial charge on any atom is 0.408 e. The zero-order valence-corrected chi connectivity index (χ0v) is 13.0. The van der Waals surface area contributed by atoms with Crippen LogP contribution in [0.15, 0.2) is 53.0 Å². The van der Waals surface area contributed by atoms with Crippen LogP contribution in [0.5, 0.6) is 5.75 Å². The first-order valence-electron chi connectivity index (χ1n) is 6.54. The molecule has 1 heterocycles. The normalized spacial score (nSPS) is 20.8. The van der Waals surface area contributed by atoms with Crippen LogP contribution in [0.3, 0.4) is 0 Å². The van der Waals surface area contributed by atoms with Gasteiger partial charge in [-0.25, -0.2) is 4.79 Å². The van der Waals surface area contributed by atoms with Crippen molar-refractivity contribution in [1.29, 1.82) is 0 Å². The van der Waals surface area contributed by atoms with Crippen LogP contribution < -0.4 is 10.1 Å². The molecule has 4 nitrogen and oxygen atoms in total. The lowest BCUT2D eigenvalue weighted by Crippen LogP contribution is -2.19. The van der Waals surface area contributed by atoms with Crippen molar-refractivity contribution in [3.63, 3.8) is 0 Å². The maximum absolute atomic E-state index is 11.7. The van der Waals surface area contributed by atoms with Gasteiger partial charge in [-0.15, -0.1) is 0 Å². The molecule has 1 amide bonds. The second-order valence-electron chi connectivity index (χ2n) is 4.78. The Morgan fingerprint density at radius 2 is 1.90 bits per heavy atom. The first-order valence-corrected chi connectivity index (χ1v) is 7.33. The van der Waals surface area contributed by atoms with Gasteiger partial charge < -0.3 is 14.8 Å². The fourth-order valence-corrected chi connectivity index (χ4v) is 2.87. The van der Waals surface area contributed by atoms with Crippen LogP contribution in [-0.4, -0.2) is 13.2 Å². The number of carbonyl (C=O) groups is 1. The third kappa shape index (κ3) is 2.88. The molecule has 21 heavy (non-hydrogen) atoms. The molecule has 2 aromatic rings. The standard InChI is InChI=1S/C16H14BrNO3/c1-20-13-7-3-5-11(9-13)15-14(18-16(19)21-15)10-4-2-6-12(17)8-10/h2-9,14-15H,1H3,(H,18,19). The van der Waals surface area contributed by atoms with Gasteiger partial charge in [0.25, 0.3) is 0 Å². The summed E-state index contributed by atoms with van der Waals surface area (Å²) in [5, 5.41) is 2.86. The number of hydrogen-bond donors (Lipinski definition) is 1. The number of nitrogens with one attached hydrogen (secondary N) is 1. The van der Waals surface area contributed by atoms with Crippen LogP contribution >= 0.6 is 15.9 Å². The molecular formula is C16H14BrNO3. The second kappa shape index (κ2) is 5.77. The highest BCUT2D eigenvalue weighted by molar-refractivity contribution is 9.10. The molecule has 2 unspecified atom stereocenters. The van der Waals surface area contributed by atoms with Gasteiger partial charge in [0.15, 0.2) is 6.10 Å². The van der Waals surface area contributed by atoms with E-state index < -0.39 is 6.09 Å². The Hall–Kier alpha value is -2.01. The monoisotopic (exact) mass is 347 g/mol. The first-order chi connectivity index (χ1) is 10.2. The second-order valence-corrected chi connectivity index (χ2v) is 5.70. The highest BCUT2D eigenvalue weighted by atomic mass is 79.9. The van der Waals surface area contributed by atoms with E-state index in [1.807, 2.05) is 48.5 Å². The highest BCUT2D eigenvalue weighted by Crippen LogP contribution is 2.38. The van der Waals surface area contributed by atoms with Gasteiger partial charge in [-0.1, -0.05) is 40.2 Å². The van der Waals surface area contributed by atoms with Gasteiger partial charge in [-0.2, -0.15) is 0 Å². The number of alkyl carbamates (subject to hydrolysis) is 1. The molecule has 108 valence electrons. The molecule has 2 atom stereocenters. The number of benzene rings is 2. The van der Waals surface area contributed by atoms with Crippen molar-refractivity contribution in [2.45, 2.75) is 12.1 Å². The van der Waals surface area contributed by atoms with E-state index >= 15 is 0 Å². The van der Waals surface area contributed by atoms with Crippen LogP contribution in [0.2, 0.25) is 0 Å². The molecule has 1 saturated heterocycles. The summed E-state index contributed by atoms with van der Waals surface area (Å²) in [6.07, 6.45) is -0.783. The zero-order chi connectivity index (χ0) is 14.8. The van der Waals surface area contributed by atoms with Gasteiger partial charge in [0.1, 0.15) is 5.75 Å². The minimum atomic E-state index is -0.409. The average molecular weight is 348 g/mol. The predicted octanol–water partition coefficient (Wildman–Crippen LogP) is 3.98. The van der Waals surface area contributed by atoms with E-state index in [9.17, 15) is 4.79 Å². The molecule has 0 saturated carbocycles. The van der Waals surface area contributed by atoms with E-state index in [0.29, 0.717) is 0 Å². The molecule has 2 aromatic carbocycles. The lowest BCUT2D eigenvalue weighted by Gasteiger charge is -2.18. The van der Waals surface area contributed by atoms with E-state index in [2.05, 4.69) is 21.2 Å². The van der Waals surface area contributed by atoms with Crippen LogP contribution in [0, 0.1) is 0 Å². The summed E-state index contributed by atoms with van der Waals surface area (Å²) in [6, 6.07) is 15.2. The predicted molar refractivity (Wildman–Crippen MR) is 82.2 cm³/mol. The van der Waals surface area contributed by atoms with Crippen molar-refractivity contribution >= 4 is 22.0 Å². The Kier molecular flexibility index (Phi) is 3.84. The quantitative estimate of drug-likeness (QED) is 0.913. The summed E-state index contributed by atoms with van der Waals surface area (Å²) < 4.78 is 11.6. The van der Waals surface area contributed by atoms with Crippen molar-refractivity contribution in [3.05, 3.63) is 64.1 Å². The molecule has 0 aliphatic carbocycles. The summed E-state index contributed by atoms with van der Waals surface area (Å²) in [5.41, 5.74) is 1.89. The van der Waals surface area contributed by atoms with Gasteiger partial charge in [-0.3, -0.25) is 0 Å². The van der Waals surface area contributed by atoms with E-state index in [-0.39, 0.29) is 12.1 Å². The summed E-state index contributed by atoms with van der Waals surface area (Å²) in [7, 11) is 1.61. The van der Waals surface area contributed by atoms with Crippen LogP contribution in [0.4, 0.5) is 4.79 Å². The van der Waals surface area contributed by atoms with Gasteiger partial charge >= 0.3 is 6.09 Å². The number of carbonyl (C=O) groups excluding carboxylic acids is 1. The molecule has 0 aromatic heterocycles. The fraction of sp³-hybridized carbons (Fsp3) is 0.188. The Labute approximate surface area is 131 Å². The molecule has 5 heteroatoms. The van der Waals surface area contributed by atoms with Crippen molar-refractivity contribution in [2.24, 2.45) is 0 Å². The largest absolute Gasteiger partial charge is 0.497 e. The summed E-state index contributed by atoms with van der Waals surface area (Å²) in [6.45, 7) is 0. The van der Waals surface area contributed by atoms with E-state index in [0.717, 1.165) is 21.3 Å². The van der Waals surface area contributed by atoms with Gasteiger partial charge in [-0.05, 0) is 35.4 Å². The van der Waals surface area contributed by atoms with Crippen molar-refractivity contribution in [2.75, 3.05) is 7.11 Å². The molecule has 0 radical (unpaired) electrons. The van der Waals surface area contributed by atoms with E-state index in [1.54, 1.807) is 7.11 Å². The SMILES string of the molecule is COc1cccc(C2OC(=O)NC2c2cccc(Br)c2)c1. The highest BCUT2D eigenvalue weighted by Gasteiger charge is 2.36. The van der Waals surface area contributed by atoms with Gasteiger partial charge in [0.2, 0.25) is 0 Å². The number of halogens is 1. The van der Waals surface area contributed by atoms with Crippen molar-refractivity contribution in [1.82, 2.24) is 5.32 Å². The summed E-state index contributed by atoms with van der Waals surface area (Å²) in [4.78, 5) is 11.7. The third-order valence-corrected chi connectivity index (χ3v) is 3.93. The number of cyclic esters (lactones) is 1. The zero-order valence-electron chi connectivity index (χ0n) is 11.4. The molecule has 3 rings (SSSR count). The van der Waals surface area contributed by atoms with Crippen LogP contribution in [-0.2, 0) is 4.74 Å². The fourth-order valence-electron chi connectivity index (χ4n) is 2.46. The number of hydrogen-bond acceptors (Lipinski definition) is 3. The number of methoxy groups -OCH3 is 1. The minimum Gasteiger partial charge on any atom is -0.497 e. The number of amides is 1. The van der Waals surface area contributed by atoms with E-state index in [1.165, 1.54) is 0 Å². The number of rotatable bonds is 3. The topological polar surface area (TPSA) is 47.6 Å². The lowest BCUT2D eigenvalue weighted by molar-refractivity contribution is 0.132. The van der Waals surface area contributed by atoms with Crippen LogP contribution in [0.1, 0.15) is 23.3 Å². The Morgan fingerprint density at radius 3 is 2.67 bits per heavy atom. The molecular weight excluding hydrogens is 334 g/mol.